The van der Waals surface area contributed by atoms with E-state index in [2.05, 4.69) is 46.8 Å². The molecule has 1 atom stereocenters. The van der Waals surface area contributed by atoms with Crippen LogP contribution in [-0.2, 0) is 9.53 Å². The van der Waals surface area contributed by atoms with E-state index in [1.165, 1.54) is 0 Å². The number of methoxy groups -OCH3 is 1. The minimum Gasteiger partial charge on any atom is -0.406 e. The van der Waals surface area contributed by atoms with E-state index in [4.69, 9.17) is 4.74 Å². The zero-order valence-electron chi connectivity index (χ0n) is 20.5. The quantitative estimate of drug-likeness (QED) is 0.245. The van der Waals surface area contributed by atoms with E-state index < -0.39 is 35.5 Å². The van der Waals surface area contributed by atoms with Gasteiger partial charge in [0.15, 0.2) is 11.8 Å². The molecule has 3 N–H and O–H groups in total. The van der Waals surface area contributed by atoms with Gasteiger partial charge in [0, 0.05) is 36.2 Å². The highest BCUT2D eigenvalue weighted by Gasteiger charge is 2.33. The van der Waals surface area contributed by atoms with Gasteiger partial charge in [-0.15, -0.1) is 28.5 Å². The van der Waals surface area contributed by atoms with Crippen LogP contribution in [0.5, 0.6) is 5.75 Å². The number of carbonyl (C=O) groups excluding carboxylic acids is 1. The largest absolute Gasteiger partial charge is 0.573 e. The molecule has 1 fully saturated rings. The molecule has 1 unspecified atom stereocenters. The molecular formula is C24H23F4N7O3S. The first-order valence-corrected chi connectivity index (χ1v) is 12.8. The summed E-state index contributed by atoms with van der Waals surface area (Å²) < 4.78 is 60.9. The lowest BCUT2D eigenvalue weighted by atomic mass is 9.84. The van der Waals surface area contributed by atoms with Crippen molar-refractivity contribution < 1.29 is 31.8 Å². The average molecular weight is 566 g/mol. The lowest BCUT2D eigenvalue weighted by Gasteiger charge is -2.28. The smallest absolute Gasteiger partial charge is 0.406 e. The zero-order valence-corrected chi connectivity index (χ0v) is 21.3. The molecular weight excluding hydrogens is 542 g/mol. The Morgan fingerprint density at radius 1 is 1.08 bits per heavy atom. The topological polar surface area (TPSA) is 127 Å². The summed E-state index contributed by atoms with van der Waals surface area (Å²) in [6.45, 7) is 0. The number of aromatic amines is 1. The Labute approximate surface area is 223 Å². The van der Waals surface area contributed by atoms with Gasteiger partial charge in [0.25, 0.3) is 5.91 Å². The van der Waals surface area contributed by atoms with Crippen LogP contribution in [0.1, 0.15) is 49.0 Å². The van der Waals surface area contributed by atoms with E-state index in [1.54, 1.807) is 0 Å². The number of rotatable bonds is 8. The molecule has 0 radical (unpaired) electrons. The Morgan fingerprint density at radius 3 is 2.59 bits per heavy atom. The summed E-state index contributed by atoms with van der Waals surface area (Å²) in [7, 11) is 1.13. The summed E-state index contributed by atoms with van der Waals surface area (Å²) >= 11 is 1.08. The number of carbonyl (C=O) groups is 1. The Morgan fingerprint density at radius 2 is 1.85 bits per heavy atom. The molecule has 1 aromatic carbocycles. The number of nitrogens with one attached hydrogen (secondary N) is 3. The molecule has 1 aliphatic carbocycles. The van der Waals surface area contributed by atoms with Crippen LogP contribution in [-0.4, -0.2) is 50.8 Å². The van der Waals surface area contributed by atoms with Gasteiger partial charge >= 0.3 is 6.36 Å². The first-order chi connectivity index (χ1) is 18.7. The van der Waals surface area contributed by atoms with Crippen LogP contribution < -0.4 is 15.4 Å². The predicted molar refractivity (Wildman–Crippen MR) is 134 cm³/mol. The average Bonchev–Trinajstić information content (AvgIpc) is 3.54. The molecule has 1 saturated carbocycles. The van der Waals surface area contributed by atoms with Crippen molar-refractivity contribution in [2.24, 2.45) is 0 Å². The first kappa shape index (κ1) is 26.7. The summed E-state index contributed by atoms with van der Waals surface area (Å²) in [5.41, 5.74) is 1.32. The van der Waals surface area contributed by atoms with Crippen LogP contribution in [0.25, 0.3) is 11.0 Å². The van der Waals surface area contributed by atoms with Crippen LogP contribution in [0, 0.1) is 5.82 Å². The molecule has 206 valence electrons. The predicted octanol–water partition coefficient (Wildman–Crippen LogP) is 5.31. The number of H-pyrrole nitrogens is 1. The van der Waals surface area contributed by atoms with Crippen molar-refractivity contribution in [1.29, 1.82) is 0 Å². The summed E-state index contributed by atoms with van der Waals surface area (Å²) in [6.07, 6.45) is -1.10. The normalized spacial score (nSPS) is 18.6. The summed E-state index contributed by atoms with van der Waals surface area (Å²) in [6, 6.07) is 6.53. The van der Waals surface area contributed by atoms with Gasteiger partial charge in [-0.2, -0.15) is 5.10 Å². The second kappa shape index (κ2) is 11.1. The van der Waals surface area contributed by atoms with Gasteiger partial charge in [-0.05, 0) is 56.0 Å². The Hall–Kier alpha value is -3.85. The number of anilines is 2. The molecule has 1 amide bonds. The molecule has 0 spiro atoms. The standard InChI is InChI=1S/C24H23F4N7O3S/c1-37-19(16-11-15(6-7-17(16)25)38-24(26,27)28)21(36)31-23-35-34-22(39-23)30-14-4-2-12(3-5-14)18-10-13-8-9-29-20(13)33-32-18/h6-12,14,19H,2-5H2,1H3,(H,29,33)(H,30,34)(H,31,35,36). The van der Waals surface area contributed by atoms with Gasteiger partial charge in [0.1, 0.15) is 11.6 Å². The number of fused-ring (bicyclic) bond motifs is 1. The maximum Gasteiger partial charge on any atom is 0.573 e. The number of hydrogen-bond donors (Lipinski definition) is 3. The molecule has 0 bridgehead atoms. The number of hydrogen-bond acceptors (Lipinski definition) is 9. The van der Waals surface area contributed by atoms with E-state index in [0.29, 0.717) is 11.0 Å². The van der Waals surface area contributed by atoms with Gasteiger partial charge in [-0.1, -0.05) is 11.3 Å². The molecule has 15 heteroatoms. The Kier molecular flexibility index (Phi) is 7.61. The number of aromatic nitrogens is 5. The van der Waals surface area contributed by atoms with Crippen molar-refractivity contribution in [2.45, 2.75) is 50.1 Å². The first-order valence-electron chi connectivity index (χ1n) is 12.0. The Bertz CT molecular complexity index is 1450. The summed E-state index contributed by atoms with van der Waals surface area (Å²) in [5.74, 6) is -2.13. The molecule has 0 aliphatic heterocycles. The number of nitrogens with zero attached hydrogens (tertiary/aromatic N) is 4. The minimum absolute atomic E-state index is 0.122. The number of benzene rings is 1. The third-order valence-electron chi connectivity index (χ3n) is 6.41. The van der Waals surface area contributed by atoms with E-state index >= 15 is 0 Å². The van der Waals surface area contributed by atoms with Gasteiger partial charge in [0.2, 0.25) is 10.3 Å². The van der Waals surface area contributed by atoms with Crippen molar-refractivity contribution >= 4 is 38.5 Å². The maximum absolute atomic E-state index is 14.4. The highest BCUT2D eigenvalue weighted by atomic mass is 32.1. The molecule has 3 aromatic heterocycles. The monoisotopic (exact) mass is 565 g/mol. The van der Waals surface area contributed by atoms with Gasteiger partial charge in [-0.25, -0.2) is 4.39 Å². The highest BCUT2D eigenvalue weighted by Crippen LogP contribution is 2.35. The summed E-state index contributed by atoms with van der Waals surface area (Å²) in [5, 5.41) is 24.0. The van der Waals surface area contributed by atoms with Crippen LogP contribution in [0.2, 0.25) is 0 Å². The van der Waals surface area contributed by atoms with E-state index in [9.17, 15) is 22.4 Å². The molecule has 4 aromatic rings. The van der Waals surface area contributed by atoms with Crippen molar-refractivity contribution in [3.8, 4) is 5.75 Å². The van der Waals surface area contributed by atoms with Crippen LogP contribution in [0.15, 0.2) is 36.5 Å². The van der Waals surface area contributed by atoms with Crippen LogP contribution in [0.4, 0.5) is 27.8 Å². The van der Waals surface area contributed by atoms with Gasteiger partial charge in [0.05, 0.1) is 5.69 Å². The fourth-order valence-corrected chi connectivity index (χ4v) is 5.30. The molecule has 3 heterocycles. The van der Waals surface area contributed by atoms with Crippen molar-refractivity contribution in [3.05, 3.63) is 53.6 Å². The second-order valence-electron chi connectivity index (χ2n) is 8.99. The lowest BCUT2D eigenvalue weighted by molar-refractivity contribution is -0.274. The molecule has 10 nitrogen and oxygen atoms in total. The number of halogens is 4. The van der Waals surface area contributed by atoms with Crippen molar-refractivity contribution in [1.82, 2.24) is 25.4 Å². The molecule has 39 heavy (non-hydrogen) atoms. The second-order valence-corrected chi connectivity index (χ2v) is 9.97. The summed E-state index contributed by atoms with van der Waals surface area (Å²) in [4.78, 5) is 15.8. The van der Waals surface area contributed by atoms with Crippen molar-refractivity contribution in [2.75, 3.05) is 17.7 Å². The van der Waals surface area contributed by atoms with Crippen LogP contribution in [0.3, 0.4) is 0 Å². The minimum atomic E-state index is -4.97. The molecule has 1 aliphatic rings. The van der Waals surface area contributed by atoms with E-state index in [0.717, 1.165) is 79.1 Å². The fraction of sp³-hybridized carbons (Fsp3) is 0.375. The number of alkyl halides is 3. The molecule has 5 rings (SSSR count). The SMILES string of the molecule is COC(C(=O)Nc1nnc(NC2CCC(c3cc4cc[nH]c4nn3)CC2)s1)c1cc(OC(F)(F)F)ccc1F. The fourth-order valence-electron chi connectivity index (χ4n) is 4.58. The van der Waals surface area contributed by atoms with Crippen LogP contribution >= 0.6 is 11.3 Å². The van der Waals surface area contributed by atoms with Crippen molar-refractivity contribution in [3.63, 3.8) is 0 Å². The van der Waals surface area contributed by atoms with Gasteiger partial charge in [-0.3, -0.25) is 10.1 Å². The van der Waals surface area contributed by atoms with E-state index in [-0.39, 0.29) is 11.2 Å². The highest BCUT2D eigenvalue weighted by molar-refractivity contribution is 7.19. The third-order valence-corrected chi connectivity index (χ3v) is 7.18. The third kappa shape index (κ3) is 6.42. The molecule has 0 saturated heterocycles. The zero-order chi connectivity index (χ0) is 27.6. The maximum atomic E-state index is 14.4. The lowest BCUT2D eigenvalue weighted by Crippen LogP contribution is -2.25. The number of amides is 1. The number of ether oxygens (including phenoxy) is 2. The van der Waals surface area contributed by atoms with E-state index in [1.807, 2.05) is 12.3 Å². The Balaban J connectivity index is 1.17. The van der Waals surface area contributed by atoms with Gasteiger partial charge < -0.3 is 19.8 Å².